The number of nitrogens with one attached hydrogen (secondary N) is 2. The highest BCUT2D eigenvalue weighted by atomic mass is 32.2. The summed E-state index contributed by atoms with van der Waals surface area (Å²) < 4.78 is 30.1. The van der Waals surface area contributed by atoms with E-state index in [0.29, 0.717) is 24.1 Å². The summed E-state index contributed by atoms with van der Waals surface area (Å²) in [5, 5.41) is 3.47. The van der Waals surface area contributed by atoms with Crippen molar-refractivity contribution in [3.63, 3.8) is 0 Å². The molecule has 2 N–H and O–H groups in total. The van der Waals surface area contributed by atoms with Crippen molar-refractivity contribution >= 4 is 15.7 Å². The maximum Gasteiger partial charge on any atom is 0.280 e. The van der Waals surface area contributed by atoms with Crippen LogP contribution in [-0.4, -0.2) is 34.0 Å². The highest BCUT2D eigenvalue weighted by Crippen LogP contribution is 2.28. The van der Waals surface area contributed by atoms with Gasteiger partial charge in [-0.05, 0) is 30.9 Å². The quantitative estimate of drug-likeness (QED) is 0.528. The second-order valence-corrected chi connectivity index (χ2v) is 9.74. The lowest BCUT2D eigenvalue weighted by atomic mass is 9.99. The molecule has 1 aromatic carbocycles. The van der Waals surface area contributed by atoms with Crippen LogP contribution in [0.25, 0.3) is 5.82 Å². The molecule has 0 amide bonds. The van der Waals surface area contributed by atoms with E-state index < -0.39 is 10.0 Å². The summed E-state index contributed by atoms with van der Waals surface area (Å²) in [7, 11) is -3.84. The number of sulfonamides is 1. The molecule has 8 nitrogen and oxygen atoms in total. The summed E-state index contributed by atoms with van der Waals surface area (Å²) in [4.78, 5) is 12.2. The summed E-state index contributed by atoms with van der Waals surface area (Å²) in [6, 6.07) is 7.83. The fourth-order valence-electron chi connectivity index (χ4n) is 4.08. The average molecular weight is 441 g/mol. The van der Waals surface area contributed by atoms with E-state index in [4.69, 9.17) is 0 Å². The molecule has 1 fully saturated rings. The molecule has 3 aromatic rings. The van der Waals surface area contributed by atoms with Gasteiger partial charge in [-0.2, -0.15) is 8.42 Å². The lowest BCUT2D eigenvalue weighted by molar-refractivity contribution is 0.404. The van der Waals surface area contributed by atoms with Crippen LogP contribution in [0.2, 0.25) is 0 Å². The molecule has 0 unspecified atom stereocenters. The number of hydrogen-bond donors (Lipinski definition) is 2. The molecular weight excluding hydrogens is 412 g/mol. The van der Waals surface area contributed by atoms with Gasteiger partial charge < -0.3 is 5.32 Å². The Morgan fingerprint density at radius 3 is 2.74 bits per heavy atom. The molecule has 4 rings (SSSR count). The van der Waals surface area contributed by atoms with Gasteiger partial charge in [0.1, 0.15) is 6.33 Å². The van der Waals surface area contributed by atoms with Gasteiger partial charge in [-0.1, -0.05) is 43.9 Å². The Kier molecular flexibility index (Phi) is 6.62. The monoisotopic (exact) mass is 440 g/mol. The van der Waals surface area contributed by atoms with Crippen LogP contribution < -0.4 is 10.0 Å². The third-order valence-corrected chi connectivity index (χ3v) is 6.96. The summed E-state index contributed by atoms with van der Waals surface area (Å²) in [6.45, 7) is 2.80. The van der Waals surface area contributed by atoms with Gasteiger partial charge in [0.15, 0.2) is 10.8 Å². The zero-order chi connectivity index (χ0) is 21.7. The molecule has 0 bridgehead atoms. The molecule has 2 heterocycles. The largest absolute Gasteiger partial charge is 0.310 e. The highest BCUT2D eigenvalue weighted by molar-refractivity contribution is 7.92. The predicted molar refractivity (Wildman–Crippen MR) is 119 cm³/mol. The number of imidazole rings is 1. The number of para-hydroxylation sites is 1. The Hall–Kier alpha value is -2.78. The van der Waals surface area contributed by atoms with Crippen molar-refractivity contribution in [3.05, 3.63) is 60.9 Å². The van der Waals surface area contributed by atoms with Crippen LogP contribution in [0.1, 0.15) is 44.6 Å². The normalized spacial score (nSPS) is 15.8. The van der Waals surface area contributed by atoms with Crippen LogP contribution in [0.15, 0.2) is 60.4 Å². The van der Waals surface area contributed by atoms with Crippen molar-refractivity contribution in [2.24, 2.45) is 5.92 Å². The van der Waals surface area contributed by atoms with Crippen molar-refractivity contribution < 1.29 is 8.42 Å². The molecule has 1 atom stereocenters. The Labute approximate surface area is 183 Å². The van der Waals surface area contributed by atoms with E-state index in [1.165, 1.54) is 42.8 Å². The van der Waals surface area contributed by atoms with E-state index in [-0.39, 0.29) is 5.03 Å². The molecule has 0 aliphatic heterocycles. The third-order valence-electron chi connectivity index (χ3n) is 5.71. The molecule has 0 radical (unpaired) electrons. The molecule has 31 heavy (non-hydrogen) atoms. The minimum atomic E-state index is -3.84. The predicted octanol–water partition coefficient (Wildman–Crippen LogP) is 3.52. The van der Waals surface area contributed by atoms with Crippen LogP contribution in [0, 0.1) is 5.92 Å². The van der Waals surface area contributed by atoms with Crippen molar-refractivity contribution in [2.75, 3.05) is 4.72 Å². The number of aromatic nitrogens is 4. The van der Waals surface area contributed by atoms with E-state index in [0.717, 1.165) is 17.9 Å². The number of anilines is 1. The first-order valence-corrected chi connectivity index (χ1v) is 12.1. The molecule has 0 saturated heterocycles. The molecule has 9 heteroatoms. The molecule has 0 spiro atoms. The van der Waals surface area contributed by atoms with Gasteiger partial charge in [0.2, 0.25) is 0 Å². The van der Waals surface area contributed by atoms with Crippen molar-refractivity contribution in [1.29, 1.82) is 0 Å². The maximum atomic E-state index is 12.9. The summed E-state index contributed by atoms with van der Waals surface area (Å²) in [6.07, 6.45) is 14.0. The second-order valence-electron chi connectivity index (χ2n) is 8.11. The lowest BCUT2D eigenvalue weighted by Gasteiger charge is -2.19. The fraction of sp³-hybridized carbons (Fsp3) is 0.409. The Morgan fingerprint density at radius 1 is 1.16 bits per heavy atom. The van der Waals surface area contributed by atoms with Crippen LogP contribution >= 0.6 is 0 Å². The minimum absolute atomic E-state index is 0.0736. The Morgan fingerprint density at radius 2 is 1.97 bits per heavy atom. The van der Waals surface area contributed by atoms with Gasteiger partial charge in [-0.15, -0.1) is 0 Å². The first kappa shape index (κ1) is 21.5. The van der Waals surface area contributed by atoms with Crippen molar-refractivity contribution in [3.8, 4) is 5.82 Å². The summed E-state index contributed by atoms with van der Waals surface area (Å²) in [5.74, 6) is 1.30. The summed E-state index contributed by atoms with van der Waals surface area (Å²) >= 11 is 0. The molecular formula is C22H28N6O2S. The molecule has 1 aliphatic rings. The van der Waals surface area contributed by atoms with Crippen LogP contribution in [0.5, 0.6) is 0 Å². The topological polar surface area (TPSA) is 102 Å². The summed E-state index contributed by atoms with van der Waals surface area (Å²) in [5.41, 5.74) is 1.45. The van der Waals surface area contributed by atoms with E-state index in [9.17, 15) is 8.42 Å². The smallest absolute Gasteiger partial charge is 0.280 e. The van der Waals surface area contributed by atoms with Gasteiger partial charge in [0.25, 0.3) is 10.0 Å². The molecule has 1 aliphatic carbocycles. The zero-order valence-electron chi connectivity index (χ0n) is 17.6. The van der Waals surface area contributed by atoms with Gasteiger partial charge >= 0.3 is 0 Å². The van der Waals surface area contributed by atoms with E-state index in [1.807, 2.05) is 18.2 Å². The maximum absolute atomic E-state index is 12.9. The average Bonchev–Trinajstić information content (AvgIpc) is 3.46. The van der Waals surface area contributed by atoms with Crippen LogP contribution in [-0.2, 0) is 16.6 Å². The van der Waals surface area contributed by atoms with E-state index in [1.54, 1.807) is 24.7 Å². The van der Waals surface area contributed by atoms with Gasteiger partial charge in [-0.25, -0.2) is 9.97 Å². The van der Waals surface area contributed by atoms with Gasteiger partial charge in [0, 0.05) is 25.0 Å². The number of hydrogen-bond acceptors (Lipinski definition) is 6. The third kappa shape index (κ3) is 5.48. The lowest BCUT2D eigenvalue weighted by Crippen LogP contribution is -2.28. The van der Waals surface area contributed by atoms with Crippen LogP contribution in [0.3, 0.4) is 0 Å². The van der Waals surface area contributed by atoms with Crippen molar-refractivity contribution in [1.82, 2.24) is 24.8 Å². The van der Waals surface area contributed by atoms with Crippen molar-refractivity contribution in [2.45, 2.75) is 56.6 Å². The Bertz CT molecular complexity index is 1090. The second kappa shape index (κ2) is 9.57. The molecule has 164 valence electrons. The molecule has 2 aromatic heterocycles. The van der Waals surface area contributed by atoms with E-state index in [2.05, 4.69) is 31.9 Å². The van der Waals surface area contributed by atoms with Gasteiger partial charge in [0.05, 0.1) is 18.1 Å². The van der Waals surface area contributed by atoms with Crippen LogP contribution in [0.4, 0.5) is 5.69 Å². The standard InChI is InChI=1S/C22H28N6O2S/c1-17(12-18-6-2-3-7-18)25-13-19-8-4-5-9-20(19)27-31(29,30)22-15-28(16-26-22)21-14-23-10-11-24-21/h4-5,8-11,14-18,25,27H,2-3,6-7,12-13H2,1H3/t17-/m0/s1. The Balaban J connectivity index is 1.43. The van der Waals surface area contributed by atoms with Gasteiger partial charge in [-0.3, -0.25) is 14.3 Å². The fourth-order valence-corrected chi connectivity index (χ4v) is 5.11. The first-order chi connectivity index (χ1) is 15.0. The minimum Gasteiger partial charge on any atom is -0.310 e. The van der Waals surface area contributed by atoms with E-state index >= 15 is 0 Å². The highest BCUT2D eigenvalue weighted by Gasteiger charge is 2.21. The first-order valence-electron chi connectivity index (χ1n) is 10.7. The number of rotatable bonds is 9. The number of nitrogens with zero attached hydrogens (tertiary/aromatic N) is 4. The SMILES string of the molecule is C[C@@H](CC1CCCC1)NCc1ccccc1NS(=O)(=O)c1cn(-c2cnccn2)cn1. The number of benzene rings is 1. The molecule has 1 saturated carbocycles. The zero-order valence-corrected chi connectivity index (χ0v) is 18.4.